The van der Waals surface area contributed by atoms with Gasteiger partial charge >= 0.3 is 0 Å². The molecule has 0 saturated heterocycles. The SMILES string of the molecule is CC[C](C)C(O)O. The topological polar surface area (TPSA) is 40.5 Å². The Hall–Kier alpha value is -0.0800. The Labute approximate surface area is 43.8 Å². The van der Waals surface area contributed by atoms with E-state index in [-0.39, 0.29) is 0 Å². The number of aliphatic hydroxyl groups is 2. The molecule has 0 spiro atoms. The second-order valence-electron chi connectivity index (χ2n) is 1.57. The highest BCUT2D eigenvalue weighted by atomic mass is 16.5. The van der Waals surface area contributed by atoms with Crippen LogP contribution in [0.1, 0.15) is 20.3 Å². The zero-order chi connectivity index (χ0) is 5.86. The molecule has 0 saturated carbocycles. The fraction of sp³-hybridized carbons (Fsp3) is 0.800. The highest BCUT2D eigenvalue weighted by Crippen LogP contribution is 2.05. The third-order valence-electron chi connectivity index (χ3n) is 0.998. The summed E-state index contributed by atoms with van der Waals surface area (Å²) < 4.78 is 0. The Bertz CT molecular complexity index is 43.3. The fourth-order valence-electron chi connectivity index (χ4n) is 0.183. The van der Waals surface area contributed by atoms with Crippen LogP contribution in [0.25, 0.3) is 0 Å². The predicted molar refractivity (Wildman–Crippen MR) is 27.4 cm³/mol. The van der Waals surface area contributed by atoms with Gasteiger partial charge in [-0.2, -0.15) is 0 Å². The first-order chi connectivity index (χ1) is 3.18. The van der Waals surface area contributed by atoms with Gasteiger partial charge in [-0.15, -0.1) is 0 Å². The fourth-order valence-corrected chi connectivity index (χ4v) is 0.183. The van der Waals surface area contributed by atoms with Crippen LogP contribution in [-0.4, -0.2) is 16.5 Å². The molecule has 2 nitrogen and oxygen atoms in total. The van der Waals surface area contributed by atoms with E-state index >= 15 is 0 Å². The van der Waals surface area contributed by atoms with Crippen LogP contribution in [0.2, 0.25) is 0 Å². The molecule has 7 heavy (non-hydrogen) atoms. The molecule has 0 aromatic rings. The van der Waals surface area contributed by atoms with Crippen molar-refractivity contribution in [3.63, 3.8) is 0 Å². The van der Waals surface area contributed by atoms with E-state index in [1.165, 1.54) is 0 Å². The maximum atomic E-state index is 8.34. The molecule has 1 radical (unpaired) electrons. The van der Waals surface area contributed by atoms with Crippen LogP contribution in [0.5, 0.6) is 0 Å². The number of aliphatic hydroxyl groups excluding tert-OH is 1. The Morgan fingerprint density at radius 1 is 1.57 bits per heavy atom. The van der Waals surface area contributed by atoms with Crippen molar-refractivity contribution in [2.45, 2.75) is 26.6 Å². The second-order valence-corrected chi connectivity index (χ2v) is 1.57. The molecule has 0 fully saturated rings. The maximum absolute atomic E-state index is 8.34. The predicted octanol–water partition coefficient (Wildman–Crippen LogP) is 0.301. The van der Waals surface area contributed by atoms with E-state index < -0.39 is 6.29 Å². The highest BCUT2D eigenvalue weighted by Gasteiger charge is 2.06. The van der Waals surface area contributed by atoms with E-state index in [4.69, 9.17) is 10.2 Å². The van der Waals surface area contributed by atoms with E-state index in [1.54, 1.807) is 6.92 Å². The Balaban J connectivity index is 3.14. The van der Waals surface area contributed by atoms with Crippen LogP contribution in [0.3, 0.4) is 0 Å². The van der Waals surface area contributed by atoms with Gasteiger partial charge in [-0.3, -0.25) is 0 Å². The van der Waals surface area contributed by atoms with Crippen LogP contribution in [0.4, 0.5) is 0 Å². The minimum atomic E-state index is -1.22. The van der Waals surface area contributed by atoms with E-state index in [2.05, 4.69) is 0 Å². The van der Waals surface area contributed by atoms with Gasteiger partial charge in [0.1, 0.15) is 0 Å². The molecule has 43 valence electrons. The first kappa shape index (κ1) is 6.92. The molecule has 0 aromatic heterocycles. The van der Waals surface area contributed by atoms with Gasteiger partial charge < -0.3 is 10.2 Å². The summed E-state index contributed by atoms with van der Waals surface area (Å²) in [6.45, 7) is 3.60. The van der Waals surface area contributed by atoms with Crippen molar-refractivity contribution in [1.29, 1.82) is 0 Å². The molecule has 0 aliphatic carbocycles. The molecule has 0 rings (SSSR count). The maximum Gasteiger partial charge on any atom is 0.157 e. The van der Waals surface area contributed by atoms with Gasteiger partial charge in [0.15, 0.2) is 6.29 Å². The van der Waals surface area contributed by atoms with Crippen molar-refractivity contribution >= 4 is 0 Å². The highest BCUT2D eigenvalue weighted by molar-refractivity contribution is 4.83. The normalized spacial score (nSPS) is 11.1. The Kier molecular flexibility index (Phi) is 2.96. The Morgan fingerprint density at radius 3 is 2.00 bits per heavy atom. The molecular weight excluding hydrogens is 92.1 g/mol. The zero-order valence-corrected chi connectivity index (χ0v) is 4.68. The summed E-state index contributed by atoms with van der Waals surface area (Å²) in [7, 11) is 0. The van der Waals surface area contributed by atoms with E-state index in [1.807, 2.05) is 6.92 Å². The summed E-state index contributed by atoms with van der Waals surface area (Å²) >= 11 is 0. The average Bonchev–Trinajstić information content (AvgIpc) is 1.65. The van der Waals surface area contributed by atoms with Crippen LogP contribution in [0.15, 0.2) is 0 Å². The molecule has 0 amide bonds. The largest absolute Gasteiger partial charge is 0.368 e. The molecule has 2 heteroatoms. The smallest absolute Gasteiger partial charge is 0.157 e. The molecule has 0 aromatic carbocycles. The van der Waals surface area contributed by atoms with Crippen molar-refractivity contribution in [3.05, 3.63) is 5.92 Å². The van der Waals surface area contributed by atoms with Crippen molar-refractivity contribution in [2.75, 3.05) is 0 Å². The quantitative estimate of drug-likeness (QED) is 0.493. The molecule has 0 unspecified atom stereocenters. The summed E-state index contributed by atoms with van der Waals surface area (Å²) in [5.74, 6) is 0.708. The van der Waals surface area contributed by atoms with Gasteiger partial charge in [0.05, 0.1) is 0 Å². The lowest BCUT2D eigenvalue weighted by molar-refractivity contribution is -0.0281. The lowest BCUT2D eigenvalue weighted by Crippen LogP contribution is -2.12. The molecule has 2 N–H and O–H groups in total. The first-order valence-corrected chi connectivity index (χ1v) is 2.37. The lowest BCUT2D eigenvalue weighted by atomic mass is 10.1. The van der Waals surface area contributed by atoms with Gasteiger partial charge in [0.2, 0.25) is 0 Å². The van der Waals surface area contributed by atoms with Crippen LogP contribution in [-0.2, 0) is 0 Å². The van der Waals surface area contributed by atoms with Crippen LogP contribution < -0.4 is 0 Å². The van der Waals surface area contributed by atoms with E-state index in [9.17, 15) is 0 Å². The van der Waals surface area contributed by atoms with Crippen LogP contribution >= 0.6 is 0 Å². The monoisotopic (exact) mass is 103 g/mol. The molecular formula is C5H11O2. The third-order valence-corrected chi connectivity index (χ3v) is 0.998. The first-order valence-electron chi connectivity index (χ1n) is 2.37. The Morgan fingerprint density at radius 2 is 2.00 bits per heavy atom. The minimum absolute atomic E-state index is 0.708. The van der Waals surface area contributed by atoms with Gasteiger partial charge in [-0.1, -0.05) is 13.8 Å². The standard InChI is InChI=1S/C5H11O2/c1-3-4(2)5(6)7/h5-7H,3H2,1-2H3. The number of hydrogen-bond donors (Lipinski definition) is 2. The van der Waals surface area contributed by atoms with Gasteiger partial charge in [0, 0.05) is 5.92 Å². The third kappa shape index (κ3) is 2.60. The molecule has 0 atom stereocenters. The molecule has 0 aliphatic rings. The van der Waals surface area contributed by atoms with Gasteiger partial charge in [0.25, 0.3) is 0 Å². The lowest BCUT2D eigenvalue weighted by Gasteiger charge is -2.07. The van der Waals surface area contributed by atoms with Crippen molar-refractivity contribution in [3.8, 4) is 0 Å². The summed E-state index contributed by atoms with van der Waals surface area (Å²) in [6.07, 6.45) is -0.484. The van der Waals surface area contributed by atoms with Crippen molar-refractivity contribution < 1.29 is 10.2 Å². The molecule has 0 aliphatic heterocycles. The zero-order valence-electron chi connectivity index (χ0n) is 4.68. The van der Waals surface area contributed by atoms with Gasteiger partial charge in [-0.05, 0) is 6.42 Å². The van der Waals surface area contributed by atoms with Gasteiger partial charge in [-0.25, -0.2) is 0 Å². The summed E-state index contributed by atoms with van der Waals surface area (Å²) in [4.78, 5) is 0. The number of rotatable bonds is 2. The second kappa shape index (κ2) is 2.99. The average molecular weight is 103 g/mol. The van der Waals surface area contributed by atoms with E-state index in [0.29, 0.717) is 5.92 Å². The van der Waals surface area contributed by atoms with Crippen molar-refractivity contribution in [2.24, 2.45) is 0 Å². The molecule has 0 bridgehead atoms. The van der Waals surface area contributed by atoms with Crippen LogP contribution in [0, 0.1) is 5.92 Å². The summed E-state index contributed by atoms with van der Waals surface area (Å²) in [6, 6.07) is 0. The minimum Gasteiger partial charge on any atom is -0.368 e. The molecule has 0 heterocycles. The van der Waals surface area contributed by atoms with Crippen molar-refractivity contribution in [1.82, 2.24) is 0 Å². The summed E-state index contributed by atoms with van der Waals surface area (Å²) in [5.41, 5.74) is 0. The summed E-state index contributed by atoms with van der Waals surface area (Å²) in [5, 5.41) is 16.7. The number of hydrogen-bond acceptors (Lipinski definition) is 2. The van der Waals surface area contributed by atoms with E-state index in [0.717, 1.165) is 6.42 Å².